The Morgan fingerprint density at radius 2 is 2.07 bits per heavy atom. The van der Waals surface area contributed by atoms with E-state index < -0.39 is 16.1 Å². The first-order valence-electron chi connectivity index (χ1n) is 3.83. The molecule has 0 fully saturated rings. The average molecular weight is 228 g/mol. The van der Waals surface area contributed by atoms with E-state index in [2.05, 4.69) is 5.73 Å². The van der Waals surface area contributed by atoms with Gasteiger partial charge in [0, 0.05) is 5.56 Å². The molecule has 1 rings (SSSR count). The lowest BCUT2D eigenvalue weighted by molar-refractivity contribution is 0.112. The van der Waals surface area contributed by atoms with Crippen molar-refractivity contribution in [2.75, 3.05) is 0 Å². The van der Waals surface area contributed by atoms with E-state index in [0.717, 1.165) is 6.07 Å². The minimum Gasteiger partial charge on any atom is -0.351 e. The van der Waals surface area contributed by atoms with E-state index in [4.69, 9.17) is 0 Å². The lowest BCUT2D eigenvalue weighted by Crippen LogP contribution is -2.34. The number of nitrogens with two attached hydrogens (primary N) is 1. The van der Waals surface area contributed by atoms with Crippen LogP contribution in [0.5, 0.6) is 0 Å². The van der Waals surface area contributed by atoms with Crippen molar-refractivity contribution in [1.29, 1.82) is 0 Å². The summed E-state index contributed by atoms with van der Waals surface area (Å²) in [5.74, 6) is 0. The van der Waals surface area contributed by atoms with Crippen molar-refractivity contribution in [1.82, 2.24) is 4.72 Å². The first-order valence-corrected chi connectivity index (χ1v) is 5.31. The first kappa shape index (κ1) is 11.2. The number of hydrogen-bond acceptors (Lipinski definition) is 4. The van der Waals surface area contributed by atoms with Gasteiger partial charge in [0.1, 0.15) is 6.29 Å². The van der Waals surface area contributed by atoms with E-state index in [-0.39, 0.29) is 10.5 Å². The maximum absolute atomic E-state index is 11.4. The van der Waals surface area contributed by atoms with Crippen LogP contribution in [-0.4, -0.2) is 20.7 Å². The first-order chi connectivity index (χ1) is 6.95. The van der Waals surface area contributed by atoms with Crippen molar-refractivity contribution in [3.63, 3.8) is 0 Å². The van der Waals surface area contributed by atoms with Crippen LogP contribution in [0.3, 0.4) is 0 Å². The molecular weight excluding hydrogens is 220 g/mol. The van der Waals surface area contributed by atoms with E-state index in [1.54, 1.807) is 4.72 Å². The van der Waals surface area contributed by atoms with Crippen molar-refractivity contribution in [3.05, 3.63) is 29.8 Å². The summed E-state index contributed by atoms with van der Waals surface area (Å²) in [5.41, 5.74) is 4.88. The van der Waals surface area contributed by atoms with Crippen LogP contribution < -0.4 is 10.5 Å². The Morgan fingerprint density at radius 1 is 1.40 bits per heavy atom. The number of urea groups is 1. The van der Waals surface area contributed by atoms with E-state index >= 15 is 0 Å². The van der Waals surface area contributed by atoms with Gasteiger partial charge in [-0.25, -0.2) is 17.9 Å². The summed E-state index contributed by atoms with van der Waals surface area (Å²) >= 11 is 0. The summed E-state index contributed by atoms with van der Waals surface area (Å²) in [6.07, 6.45) is 0.503. The Labute approximate surface area is 86.1 Å². The standard InChI is InChI=1S/C8H8N2O4S/c9-8(12)10-15(13,14)7-3-1-2-6(4-7)5-11/h1-5H,(H3,9,10,12). The van der Waals surface area contributed by atoms with Gasteiger partial charge in [-0.3, -0.25) is 4.79 Å². The number of primary amides is 1. The maximum Gasteiger partial charge on any atom is 0.326 e. The molecule has 0 saturated heterocycles. The highest BCUT2D eigenvalue weighted by molar-refractivity contribution is 7.90. The second-order valence-corrected chi connectivity index (χ2v) is 4.34. The van der Waals surface area contributed by atoms with Crippen LogP contribution in [0.1, 0.15) is 10.4 Å². The van der Waals surface area contributed by atoms with E-state index in [1.807, 2.05) is 0 Å². The Balaban J connectivity index is 3.15. The average Bonchev–Trinajstić information content (AvgIpc) is 2.16. The van der Waals surface area contributed by atoms with Crippen LogP contribution in [-0.2, 0) is 10.0 Å². The van der Waals surface area contributed by atoms with E-state index in [9.17, 15) is 18.0 Å². The second kappa shape index (κ2) is 4.09. The normalized spacial score (nSPS) is 10.7. The Morgan fingerprint density at radius 3 is 2.60 bits per heavy atom. The summed E-state index contributed by atoms with van der Waals surface area (Å²) in [6.45, 7) is 0. The fourth-order valence-corrected chi connectivity index (χ4v) is 1.88. The van der Waals surface area contributed by atoms with Gasteiger partial charge in [0.2, 0.25) is 0 Å². The third-order valence-corrected chi connectivity index (χ3v) is 2.88. The van der Waals surface area contributed by atoms with Gasteiger partial charge >= 0.3 is 6.03 Å². The van der Waals surface area contributed by atoms with Crippen molar-refractivity contribution >= 4 is 22.3 Å². The topological polar surface area (TPSA) is 106 Å². The van der Waals surface area contributed by atoms with Crippen LogP contribution in [0.15, 0.2) is 29.2 Å². The molecule has 0 bridgehead atoms. The number of hydrogen-bond donors (Lipinski definition) is 2. The molecule has 0 aliphatic heterocycles. The fourth-order valence-electron chi connectivity index (χ4n) is 0.946. The molecule has 3 N–H and O–H groups in total. The molecule has 0 spiro atoms. The number of carbonyl (C=O) groups excluding carboxylic acids is 2. The number of benzene rings is 1. The number of nitrogens with one attached hydrogen (secondary N) is 1. The molecule has 2 amide bonds. The third kappa shape index (κ3) is 2.78. The molecule has 15 heavy (non-hydrogen) atoms. The summed E-state index contributed by atoms with van der Waals surface area (Å²) in [4.78, 5) is 20.6. The summed E-state index contributed by atoms with van der Waals surface area (Å²) in [7, 11) is -3.98. The highest BCUT2D eigenvalue weighted by Gasteiger charge is 2.15. The van der Waals surface area contributed by atoms with E-state index in [0.29, 0.717) is 6.29 Å². The van der Waals surface area contributed by atoms with Gasteiger partial charge in [0.05, 0.1) is 4.90 Å². The molecule has 0 heterocycles. The van der Waals surface area contributed by atoms with Crippen LogP contribution in [0.4, 0.5) is 4.79 Å². The van der Waals surface area contributed by atoms with Crippen LogP contribution >= 0.6 is 0 Å². The number of rotatable bonds is 3. The zero-order valence-electron chi connectivity index (χ0n) is 7.51. The van der Waals surface area contributed by atoms with Gasteiger partial charge in [-0.2, -0.15) is 0 Å². The molecule has 80 valence electrons. The van der Waals surface area contributed by atoms with Crippen LogP contribution in [0.25, 0.3) is 0 Å². The molecule has 0 radical (unpaired) electrons. The van der Waals surface area contributed by atoms with E-state index in [1.165, 1.54) is 18.2 Å². The molecule has 7 heteroatoms. The summed E-state index contributed by atoms with van der Waals surface area (Å²) in [5, 5.41) is 0. The van der Waals surface area contributed by atoms with Gasteiger partial charge in [-0.05, 0) is 12.1 Å². The van der Waals surface area contributed by atoms with Crippen LogP contribution in [0.2, 0.25) is 0 Å². The van der Waals surface area contributed by atoms with Crippen molar-refractivity contribution in [2.24, 2.45) is 5.73 Å². The second-order valence-electron chi connectivity index (χ2n) is 2.66. The highest BCUT2D eigenvalue weighted by Crippen LogP contribution is 2.09. The van der Waals surface area contributed by atoms with Crippen molar-refractivity contribution in [2.45, 2.75) is 4.90 Å². The molecule has 6 nitrogen and oxygen atoms in total. The number of carbonyl (C=O) groups is 2. The molecule has 1 aromatic carbocycles. The summed E-state index contributed by atoms with van der Waals surface area (Å²) in [6, 6.07) is 4.04. The molecule has 0 aliphatic rings. The molecular formula is C8H8N2O4S. The smallest absolute Gasteiger partial charge is 0.326 e. The lowest BCUT2D eigenvalue weighted by atomic mass is 10.2. The van der Waals surface area contributed by atoms with Gasteiger partial charge < -0.3 is 5.73 Å². The monoisotopic (exact) mass is 228 g/mol. The van der Waals surface area contributed by atoms with Gasteiger partial charge in [-0.15, -0.1) is 0 Å². The molecule has 0 saturated carbocycles. The number of sulfonamides is 1. The number of amides is 2. The van der Waals surface area contributed by atoms with Crippen molar-refractivity contribution in [3.8, 4) is 0 Å². The SMILES string of the molecule is NC(=O)NS(=O)(=O)c1cccc(C=O)c1. The molecule has 0 aliphatic carbocycles. The van der Waals surface area contributed by atoms with Crippen molar-refractivity contribution < 1.29 is 18.0 Å². The minimum absolute atomic E-state index is 0.189. The van der Waals surface area contributed by atoms with Gasteiger partial charge in [0.15, 0.2) is 0 Å². The summed E-state index contributed by atoms with van der Waals surface area (Å²) < 4.78 is 24.3. The maximum atomic E-state index is 11.4. The van der Waals surface area contributed by atoms with Crippen LogP contribution in [0, 0.1) is 0 Å². The zero-order chi connectivity index (χ0) is 11.5. The molecule has 0 unspecified atom stereocenters. The largest absolute Gasteiger partial charge is 0.351 e. The third-order valence-electron chi connectivity index (χ3n) is 1.54. The van der Waals surface area contributed by atoms with Gasteiger partial charge in [-0.1, -0.05) is 12.1 Å². The highest BCUT2D eigenvalue weighted by atomic mass is 32.2. The molecule has 0 atom stereocenters. The lowest BCUT2D eigenvalue weighted by Gasteiger charge is -2.03. The Bertz CT molecular complexity index is 495. The Kier molecular flexibility index (Phi) is 3.05. The predicted octanol–water partition coefficient (Wildman–Crippen LogP) is -0.144. The fraction of sp³-hybridized carbons (Fsp3) is 0. The van der Waals surface area contributed by atoms with Gasteiger partial charge in [0.25, 0.3) is 10.0 Å². The molecule has 0 aromatic heterocycles. The predicted molar refractivity (Wildman–Crippen MR) is 51.7 cm³/mol. The molecule has 1 aromatic rings. The number of aldehydes is 1. The minimum atomic E-state index is -3.98. The Hall–Kier alpha value is -1.89. The quantitative estimate of drug-likeness (QED) is 0.702. The zero-order valence-corrected chi connectivity index (χ0v) is 8.32.